The molecule has 0 radical (unpaired) electrons. The molecule has 1 aliphatic rings. The van der Waals surface area contributed by atoms with Gasteiger partial charge in [-0.3, -0.25) is 0 Å². The third-order valence-electron chi connectivity index (χ3n) is 2.95. The van der Waals surface area contributed by atoms with E-state index in [1.807, 2.05) is 19.7 Å². The highest BCUT2D eigenvalue weighted by atomic mass is 33.7. The zero-order valence-corrected chi connectivity index (χ0v) is 13.7. The normalized spacial score (nSPS) is 25.9. The van der Waals surface area contributed by atoms with Crippen LogP contribution < -0.4 is 0 Å². The lowest BCUT2D eigenvalue weighted by atomic mass is 10.1. The van der Waals surface area contributed by atoms with Crippen molar-refractivity contribution in [2.45, 2.75) is 75.7 Å². The number of rotatable bonds is 8. The molecule has 0 spiro atoms. The molecule has 0 aromatic carbocycles. The maximum absolute atomic E-state index is 2.30. The van der Waals surface area contributed by atoms with Crippen molar-refractivity contribution in [1.29, 1.82) is 0 Å². The highest BCUT2D eigenvalue weighted by Gasteiger charge is 2.26. The summed E-state index contributed by atoms with van der Waals surface area (Å²) in [7, 11) is 8.28. The van der Waals surface area contributed by atoms with Gasteiger partial charge >= 0.3 is 0 Å². The van der Waals surface area contributed by atoms with Gasteiger partial charge in [-0.25, -0.2) is 0 Å². The molecular formula is C12H24S4. The van der Waals surface area contributed by atoms with Gasteiger partial charge in [0.25, 0.3) is 0 Å². The van der Waals surface area contributed by atoms with E-state index in [9.17, 15) is 0 Å². The Morgan fingerprint density at radius 2 is 1.12 bits per heavy atom. The Morgan fingerprint density at radius 3 is 1.50 bits per heavy atom. The quantitative estimate of drug-likeness (QED) is 0.366. The van der Waals surface area contributed by atoms with E-state index in [0.717, 1.165) is 10.5 Å². The van der Waals surface area contributed by atoms with Crippen molar-refractivity contribution >= 4 is 41.2 Å². The van der Waals surface area contributed by atoms with Crippen LogP contribution in [0.15, 0.2) is 0 Å². The molecule has 0 nitrogen and oxygen atoms in total. The van der Waals surface area contributed by atoms with Crippen LogP contribution in [0.2, 0.25) is 0 Å². The zero-order chi connectivity index (χ0) is 11.6. The van der Waals surface area contributed by atoms with Gasteiger partial charge in [0.1, 0.15) is 0 Å². The zero-order valence-electron chi connectivity index (χ0n) is 10.4. The molecule has 0 amide bonds. The van der Waals surface area contributed by atoms with Crippen molar-refractivity contribution in [2.75, 3.05) is 0 Å². The third kappa shape index (κ3) is 6.36. The van der Waals surface area contributed by atoms with Gasteiger partial charge in [-0.2, -0.15) is 0 Å². The number of unbranched alkanes of at least 4 members (excludes halogenated alkanes) is 4. The van der Waals surface area contributed by atoms with Crippen molar-refractivity contribution < 1.29 is 0 Å². The van der Waals surface area contributed by atoms with Gasteiger partial charge < -0.3 is 0 Å². The topological polar surface area (TPSA) is 0 Å². The van der Waals surface area contributed by atoms with Crippen LogP contribution in [0.1, 0.15) is 65.2 Å². The molecule has 1 rings (SSSR count). The molecule has 2 unspecified atom stereocenters. The Bertz CT molecular complexity index is 145. The summed E-state index contributed by atoms with van der Waals surface area (Å²) in [5, 5.41) is 1.83. The molecule has 0 saturated carbocycles. The highest BCUT2D eigenvalue weighted by molar-refractivity contribution is 9.27. The van der Waals surface area contributed by atoms with Crippen LogP contribution in [-0.2, 0) is 0 Å². The first kappa shape index (κ1) is 15.5. The Hall–Kier alpha value is 1.40. The molecule has 0 aromatic rings. The van der Waals surface area contributed by atoms with Gasteiger partial charge in [0, 0.05) is 10.5 Å². The molecule has 4 heteroatoms. The van der Waals surface area contributed by atoms with Crippen LogP contribution in [0, 0.1) is 0 Å². The molecular weight excluding hydrogens is 272 g/mol. The summed E-state index contributed by atoms with van der Waals surface area (Å²) >= 11 is 0. The second-order valence-corrected chi connectivity index (χ2v) is 10.7. The molecule has 16 heavy (non-hydrogen) atoms. The largest absolute Gasteiger partial charge is 0.0771 e. The maximum Gasteiger partial charge on any atom is 0.0287 e. The predicted octanol–water partition coefficient (Wildman–Crippen LogP) is 6.58. The Labute approximate surface area is 116 Å². The summed E-state index contributed by atoms with van der Waals surface area (Å²) in [5.41, 5.74) is 0. The minimum atomic E-state index is 0.916. The first-order valence-electron chi connectivity index (χ1n) is 6.54. The van der Waals surface area contributed by atoms with Crippen molar-refractivity contribution in [2.24, 2.45) is 0 Å². The minimum absolute atomic E-state index is 0.916. The first-order chi connectivity index (χ1) is 7.88. The van der Waals surface area contributed by atoms with Crippen LogP contribution in [-0.4, -0.2) is 10.5 Å². The SMILES string of the molecule is CCCCCC1SSSSC1CCCCC. The molecule has 1 saturated heterocycles. The molecule has 0 aromatic heterocycles. The number of hydrogen-bond donors (Lipinski definition) is 0. The predicted molar refractivity (Wildman–Crippen MR) is 86.2 cm³/mol. The van der Waals surface area contributed by atoms with Gasteiger partial charge in [-0.1, -0.05) is 74.0 Å². The van der Waals surface area contributed by atoms with Gasteiger partial charge in [-0.05, 0) is 32.5 Å². The average molecular weight is 297 g/mol. The van der Waals surface area contributed by atoms with E-state index in [2.05, 4.69) is 35.4 Å². The summed E-state index contributed by atoms with van der Waals surface area (Å²) in [6, 6.07) is 0. The fraction of sp³-hybridized carbons (Fsp3) is 1.00. The standard InChI is InChI=1S/C12H24S4/c1-3-5-7-9-11-12(10-8-6-4-2)14-16-15-13-11/h11-12H,3-10H2,1-2H3. The van der Waals surface area contributed by atoms with E-state index in [0.29, 0.717) is 0 Å². The third-order valence-corrected chi connectivity index (χ3v) is 10.5. The second kappa shape index (κ2) is 10.3. The van der Waals surface area contributed by atoms with E-state index >= 15 is 0 Å². The van der Waals surface area contributed by atoms with Crippen LogP contribution in [0.4, 0.5) is 0 Å². The lowest BCUT2D eigenvalue weighted by molar-refractivity contribution is 0.585. The molecule has 2 atom stereocenters. The van der Waals surface area contributed by atoms with Crippen molar-refractivity contribution in [3.05, 3.63) is 0 Å². The van der Waals surface area contributed by atoms with Crippen LogP contribution >= 0.6 is 41.2 Å². The van der Waals surface area contributed by atoms with Gasteiger partial charge in [0.15, 0.2) is 0 Å². The first-order valence-corrected chi connectivity index (χ1v) is 11.5. The molecule has 96 valence electrons. The average Bonchev–Trinajstić information content (AvgIpc) is 2.32. The lowest BCUT2D eigenvalue weighted by Gasteiger charge is -2.28. The molecule has 0 aliphatic carbocycles. The fourth-order valence-corrected chi connectivity index (χ4v) is 10.3. The lowest BCUT2D eigenvalue weighted by Crippen LogP contribution is -2.20. The monoisotopic (exact) mass is 296 g/mol. The fourth-order valence-electron chi connectivity index (χ4n) is 1.92. The minimum Gasteiger partial charge on any atom is -0.0771 e. The van der Waals surface area contributed by atoms with Crippen LogP contribution in [0.3, 0.4) is 0 Å². The van der Waals surface area contributed by atoms with Gasteiger partial charge in [-0.15, -0.1) is 0 Å². The van der Waals surface area contributed by atoms with Crippen molar-refractivity contribution in [3.8, 4) is 0 Å². The van der Waals surface area contributed by atoms with Crippen molar-refractivity contribution in [1.82, 2.24) is 0 Å². The van der Waals surface area contributed by atoms with Gasteiger partial charge in [0.2, 0.25) is 0 Å². The summed E-state index contributed by atoms with van der Waals surface area (Å²) in [6.07, 6.45) is 11.3. The van der Waals surface area contributed by atoms with E-state index in [1.54, 1.807) is 0 Å². The summed E-state index contributed by atoms with van der Waals surface area (Å²) < 4.78 is 0. The Balaban J connectivity index is 2.20. The van der Waals surface area contributed by atoms with Gasteiger partial charge in [0.05, 0.1) is 0 Å². The molecule has 0 N–H and O–H groups in total. The van der Waals surface area contributed by atoms with E-state index < -0.39 is 0 Å². The van der Waals surface area contributed by atoms with E-state index in [4.69, 9.17) is 0 Å². The Kier molecular flexibility index (Phi) is 9.98. The summed E-state index contributed by atoms with van der Waals surface area (Å²) in [6.45, 7) is 4.60. The van der Waals surface area contributed by atoms with E-state index in [1.165, 1.54) is 51.4 Å². The van der Waals surface area contributed by atoms with Crippen molar-refractivity contribution in [3.63, 3.8) is 0 Å². The summed E-state index contributed by atoms with van der Waals surface area (Å²) in [5.74, 6) is 0. The molecule has 1 heterocycles. The number of hydrogen-bond acceptors (Lipinski definition) is 4. The van der Waals surface area contributed by atoms with Crippen LogP contribution in [0.25, 0.3) is 0 Å². The summed E-state index contributed by atoms with van der Waals surface area (Å²) in [4.78, 5) is 0. The molecule has 1 fully saturated rings. The maximum atomic E-state index is 2.30. The van der Waals surface area contributed by atoms with Crippen LogP contribution in [0.5, 0.6) is 0 Å². The molecule has 0 bridgehead atoms. The molecule has 1 aliphatic heterocycles. The second-order valence-electron chi connectivity index (χ2n) is 4.40. The van der Waals surface area contributed by atoms with E-state index in [-0.39, 0.29) is 0 Å². The Morgan fingerprint density at radius 1 is 0.688 bits per heavy atom. The smallest absolute Gasteiger partial charge is 0.0287 e. The highest BCUT2D eigenvalue weighted by Crippen LogP contribution is 2.56.